The Morgan fingerprint density at radius 1 is 0.786 bits per heavy atom. The topological polar surface area (TPSA) is 21.7 Å². The highest BCUT2D eigenvalue weighted by Gasteiger charge is 2.17. The van der Waals surface area contributed by atoms with Gasteiger partial charge in [0.1, 0.15) is 17.3 Å². The van der Waals surface area contributed by atoms with E-state index in [4.69, 9.17) is 9.47 Å². The maximum Gasteiger partial charge on any atom is 0.160 e. The van der Waals surface area contributed by atoms with E-state index in [1.165, 1.54) is 6.07 Å². The van der Waals surface area contributed by atoms with Crippen molar-refractivity contribution in [2.45, 2.75) is 13.1 Å². The molecule has 0 unspecified atom stereocenters. The number of anilines is 1. The second kappa shape index (κ2) is 9.06. The van der Waals surface area contributed by atoms with Gasteiger partial charge in [0.25, 0.3) is 0 Å². The molecular weight excluding hydrogens is 428 g/mol. The van der Waals surface area contributed by atoms with Gasteiger partial charge in [-0.25, -0.2) is 8.78 Å². The van der Waals surface area contributed by atoms with Crippen molar-refractivity contribution < 1.29 is 18.3 Å². The van der Waals surface area contributed by atoms with E-state index in [1.54, 1.807) is 19.1 Å². The number of methoxy groups -OCH3 is 2. The zero-order valence-electron chi connectivity index (χ0n) is 15.6. The SMILES string of the molecule is COc1ccc(CN(Cc2ccc(OC)cc2)c2cc(F)cc(Br)c2F)cc1. The van der Waals surface area contributed by atoms with Crippen molar-refractivity contribution in [3.05, 3.63) is 87.9 Å². The van der Waals surface area contributed by atoms with Crippen LogP contribution < -0.4 is 14.4 Å². The Morgan fingerprint density at radius 2 is 1.25 bits per heavy atom. The summed E-state index contributed by atoms with van der Waals surface area (Å²) in [7, 11) is 3.20. The number of hydrogen-bond acceptors (Lipinski definition) is 3. The van der Waals surface area contributed by atoms with Crippen molar-refractivity contribution in [3.8, 4) is 11.5 Å². The summed E-state index contributed by atoms with van der Waals surface area (Å²) in [4.78, 5) is 1.80. The third-order valence-electron chi connectivity index (χ3n) is 4.38. The van der Waals surface area contributed by atoms with Crippen molar-refractivity contribution in [1.29, 1.82) is 0 Å². The summed E-state index contributed by atoms with van der Waals surface area (Å²) in [5.74, 6) is 0.483. The highest BCUT2D eigenvalue weighted by Crippen LogP contribution is 2.30. The summed E-state index contributed by atoms with van der Waals surface area (Å²) in [6.45, 7) is 0.811. The second-order valence-electron chi connectivity index (χ2n) is 6.27. The van der Waals surface area contributed by atoms with Gasteiger partial charge in [0.15, 0.2) is 5.82 Å². The van der Waals surface area contributed by atoms with Crippen molar-refractivity contribution >= 4 is 21.6 Å². The van der Waals surface area contributed by atoms with Crippen molar-refractivity contribution in [3.63, 3.8) is 0 Å². The summed E-state index contributed by atoms with van der Waals surface area (Å²) in [5, 5.41) is 0. The minimum Gasteiger partial charge on any atom is -0.497 e. The van der Waals surface area contributed by atoms with E-state index in [9.17, 15) is 8.78 Å². The molecule has 0 N–H and O–H groups in total. The molecule has 0 spiro atoms. The zero-order valence-corrected chi connectivity index (χ0v) is 17.2. The quantitative estimate of drug-likeness (QED) is 0.417. The fourth-order valence-corrected chi connectivity index (χ4v) is 3.32. The van der Waals surface area contributed by atoms with Crippen LogP contribution in [-0.2, 0) is 13.1 Å². The van der Waals surface area contributed by atoms with Crippen LogP contribution in [0.2, 0.25) is 0 Å². The van der Waals surface area contributed by atoms with E-state index in [-0.39, 0.29) is 10.2 Å². The summed E-state index contributed by atoms with van der Waals surface area (Å²) < 4.78 is 39.2. The van der Waals surface area contributed by atoms with Gasteiger partial charge in [-0.3, -0.25) is 0 Å². The molecule has 0 saturated heterocycles. The van der Waals surface area contributed by atoms with Gasteiger partial charge in [-0.1, -0.05) is 24.3 Å². The molecule has 0 aromatic heterocycles. The summed E-state index contributed by atoms with van der Waals surface area (Å²) in [6, 6.07) is 17.4. The molecule has 3 aromatic carbocycles. The molecule has 0 aliphatic heterocycles. The van der Waals surface area contributed by atoms with Crippen LogP contribution in [0, 0.1) is 11.6 Å². The maximum atomic E-state index is 14.8. The molecule has 0 heterocycles. The minimum absolute atomic E-state index is 0.0944. The van der Waals surface area contributed by atoms with Gasteiger partial charge in [-0.2, -0.15) is 0 Å². The zero-order chi connectivity index (χ0) is 20.1. The molecule has 0 aliphatic rings. The first-order valence-electron chi connectivity index (χ1n) is 8.65. The first-order valence-corrected chi connectivity index (χ1v) is 9.45. The normalized spacial score (nSPS) is 10.6. The highest BCUT2D eigenvalue weighted by atomic mass is 79.9. The number of hydrogen-bond donors (Lipinski definition) is 0. The Hall–Kier alpha value is -2.60. The van der Waals surface area contributed by atoms with E-state index in [0.717, 1.165) is 28.7 Å². The third-order valence-corrected chi connectivity index (χ3v) is 4.96. The molecule has 3 rings (SSSR count). The van der Waals surface area contributed by atoms with Gasteiger partial charge in [-0.15, -0.1) is 0 Å². The highest BCUT2D eigenvalue weighted by molar-refractivity contribution is 9.10. The molecule has 0 fully saturated rings. The predicted molar refractivity (Wildman–Crippen MR) is 110 cm³/mol. The summed E-state index contributed by atoms with van der Waals surface area (Å²) in [6.07, 6.45) is 0. The number of ether oxygens (including phenoxy) is 2. The van der Waals surface area contributed by atoms with Crippen LogP contribution in [0.4, 0.5) is 14.5 Å². The predicted octanol–water partition coefficient (Wildman–Crippen LogP) is 5.95. The molecular formula is C22H20BrF2NO2. The van der Waals surface area contributed by atoms with Crippen LogP contribution in [0.25, 0.3) is 0 Å². The molecule has 146 valence electrons. The average Bonchev–Trinajstić information content (AvgIpc) is 2.71. The summed E-state index contributed by atoms with van der Waals surface area (Å²) in [5.41, 5.74) is 2.10. The van der Waals surface area contributed by atoms with E-state index >= 15 is 0 Å². The van der Waals surface area contributed by atoms with Crippen LogP contribution >= 0.6 is 15.9 Å². The van der Waals surface area contributed by atoms with Crippen molar-refractivity contribution in [1.82, 2.24) is 0 Å². The second-order valence-corrected chi connectivity index (χ2v) is 7.13. The van der Waals surface area contributed by atoms with Crippen LogP contribution in [0.1, 0.15) is 11.1 Å². The molecule has 0 bridgehead atoms. The Balaban J connectivity index is 1.94. The molecule has 3 nitrogen and oxygen atoms in total. The van der Waals surface area contributed by atoms with E-state index in [2.05, 4.69) is 15.9 Å². The lowest BCUT2D eigenvalue weighted by atomic mass is 10.1. The van der Waals surface area contributed by atoms with Gasteiger partial charge in [0.05, 0.1) is 24.4 Å². The first kappa shape index (κ1) is 20.1. The smallest absolute Gasteiger partial charge is 0.160 e. The van der Waals surface area contributed by atoms with Crippen LogP contribution in [0.15, 0.2) is 65.1 Å². The molecule has 28 heavy (non-hydrogen) atoms. The number of benzene rings is 3. The molecule has 6 heteroatoms. The lowest BCUT2D eigenvalue weighted by Crippen LogP contribution is -2.23. The Morgan fingerprint density at radius 3 is 1.68 bits per heavy atom. The lowest BCUT2D eigenvalue weighted by Gasteiger charge is -2.26. The van der Waals surface area contributed by atoms with Gasteiger partial charge < -0.3 is 14.4 Å². The lowest BCUT2D eigenvalue weighted by molar-refractivity contribution is 0.414. The first-order chi connectivity index (χ1) is 13.5. The fourth-order valence-electron chi connectivity index (χ4n) is 2.90. The molecule has 0 radical (unpaired) electrons. The number of rotatable bonds is 7. The van der Waals surface area contributed by atoms with Gasteiger partial charge >= 0.3 is 0 Å². The van der Waals surface area contributed by atoms with Crippen LogP contribution in [0.3, 0.4) is 0 Å². The molecule has 0 atom stereocenters. The molecule has 0 aliphatic carbocycles. The third kappa shape index (κ3) is 4.81. The van der Waals surface area contributed by atoms with Gasteiger partial charge in [-0.05, 0) is 57.4 Å². The number of nitrogens with zero attached hydrogens (tertiary/aromatic N) is 1. The standard InChI is InChI=1S/C22H20BrF2NO2/c1-27-18-7-3-15(4-8-18)13-26(14-16-5-9-19(28-2)10-6-16)21-12-17(24)11-20(23)22(21)25/h3-12H,13-14H2,1-2H3. The van der Waals surface area contributed by atoms with E-state index in [1.807, 2.05) is 48.5 Å². The Kier molecular flexibility index (Phi) is 6.52. The Labute approximate surface area is 171 Å². The van der Waals surface area contributed by atoms with Gasteiger partial charge in [0.2, 0.25) is 0 Å². The molecule has 0 saturated carbocycles. The summed E-state index contributed by atoms with van der Waals surface area (Å²) >= 11 is 3.10. The monoisotopic (exact) mass is 447 g/mol. The fraction of sp³-hybridized carbons (Fsp3) is 0.182. The largest absolute Gasteiger partial charge is 0.497 e. The molecule has 0 amide bonds. The van der Waals surface area contributed by atoms with Crippen molar-refractivity contribution in [2.24, 2.45) is 0 Å². The maximum absolute atomic E-state index is 14.8. The van der Waals surface area contributed by atoms with Crippen LogP contribution in [0.5, 0.6) is 11.5 Å². The average molecular weight is 448 g/mol. The Bertz CT molecular complexity index is 881. The van der Waals surface area contributed by atoms with E-state index in [0.29, 0.717) is 13.1 Å². The van der Waals surface area contributed by atoms with Gasteiger partial charge in [0, 0.05) is 19.2 Å². The van der Waals surface area contributed by atoms with E-state index < -0.39 is 11.6 Å². The van der Waals surface area contributed by atoms with Crippen LogP contribution in [-0.4, -0.2) is 14.2 Å². The minimum atomic E-state index is -0.502. The number of halogens is 3. The van der Waals surface area contributed by atoms with Crippen molar-refractivity contribution in [2.75, 3.05) is 19.1 Å². The molecule has 3 aromatic rings.